The van der Waals surface area contributed by atoms with E-state index in [2.05, 4.69) is 49.3 Å². The van der Waals surface area contributed by atoms with Gasteiger partial charge in [0.05, 0.1) is 28.3 Å². The number of nitrogens with zero attached hydrogens (tertiary/aromatic N) is 4. The van der Waals surface area contributed by atoms with Gasteiger partial charge in [-0.1, -0.05) is 45.4 Å². The summed E-state index contributed by atoms with van der Waals surface area (Å²) in [5.41, 5.74) is 4.37. The first kappa shape index (κ1) is 38.3. The van der Waals surface area contributed by atoms with E-state index in [9.17, 15) is 34.0 Å². The second-order valence-electron chi connectivity index (χ2n) is 16.9. The highest BCUT2D eigenvalue weighted by atomic mass is 35.5. The third-order valence-corrected chi connectivity index (χ3v) is 12.8. The zero-order chi connectivity index (χ0) is 40.6. The highest BCUT2D eigenvalue weighted by molar-refractivity contribution is 6.31. The summed E-state index contributed by atoms with van der Waals surface area (Å²) in [6.07, 6.45) is 1.32. The Labute approximate surface area is 335 Å². The van der Waals surface area contributed by atoms with Crippen molar-refractivity contribution in [3.05, 3.63) is 98.1 Å². The van der Waals surface area contributed by atoms with E-state index in [0.29, 0.717) is 54.5 Å². The molecular weight excluding hydrogens is 748 g/mol. The average Bonchev–Trinajstić information content (AvgIpc) is 3.62. The van der Waals surface area contributed by atoms with Gasteiger partial charge in [0.2, 0.25) is 17.7 Å². The van der Waals surface area contributed by atoms with Crippen LogP contribution in [0.2, 0.25) is 5.02 Å². The summed E-state index contributed by atoms with van der Waals surface area (Å²) in [4.78, 5) is 82.8. The highest BCUT2D eigenvalue weighted by Gasteiger charge is 2.64. The summed E-state index contributed by atoms with van der Waals surface area (Å²) < 4.78 is 6.38. The molecule has 14 heteroatoms. The van der Waals surface area contributed by atoms with E-state index in [0.717, 1.165) is 33.6 Å². The van der Waals surface area contributed by atoms with Crippen molar-refractivity contribution in [3.63, 3.8) is 0 Å². The fourth-order valence-corrected chi connectivity index (χ4v) is 9.93. The highest BCUT2D eigenvalue weighted by Crippen LogP contribution is 2.55. The van der Waals surface area contributed by atoms with E-state index in [4.69, 9.17) is 16.3 Å². The maximum absolute atomic E-state index is 13.7. The number of nitriles is 1. The molecule has 0 aromatic heterocycles. The number of benzene rings is 3. The van der Waals surface area contributed by atoms with Crippen LogP contribution in [0.1, 0.15) is 99.4 Å². The molecule has 294 valence electrons. The molecular formula is C43H43ClN6O7. The zero-order valence-electron chi connectivity index (χ0n) is 32.2. The van der Waals surface area contributed by atoms with Crippen LogP contribution in [0.4, 0.5) is 0 Å². The van der Waals surface area contributed by atoms with E-state index in [-0.39, 0.29) is 54.5 Å². The molecule has 0 radical (unpaired) electrons. The second kappa shape index (κ2) is 14.1. The van der Waals surface area contributed by atoms with E-state index in [1.54, 1.807) is 35.2 Å². The molecule has 13 nitrogen and oxygen atoms in total. The Morgan fingerprint density at radius 1 is 0.877 bits per heavy atom. The topological polar surface area (TPSA) is 169 Å². The molecule has 0 spiro atoms. The molecule has 3 aromatic rings. The Balaban J connectivity index is 0.863. The SMILES string of the molecule is CC1(C)C(NC(=O)c2ccc3c(c2)CCN(CC(=O)N2Cc4cc5c(cc4C2)C(=O)N(C2CCC(=O)NC2=O)C5=O)CC3)C(C)(C)C1Oc1ccc(C#N)c(Cl)c1. The Hall–Kier alpha value is -5.58. The lowest BCUT2D eigenvalue weighted by molar-refractivity contribution is -0.164. The van der Waals surface area contributed by atoms with Gasteiger partial charge in [-0.15, -0.1) is 0 Å². The van der Waals surface area contributed by atoms with Gasteiger partial charge in [-0.2, -0.15) is 5.26 Å². The maximum atomic E-state index is 13.7. The van der Waals surface area contributed by atoms with Gasteiger partial charge in [0, 0.05) is 61.1 Å². The van der Waals surface area contributed by atoms with E-state index in [1.807, 2.05) is 18.2 Å². The van der Waals surface area contributed by atoms with Gasteiger partial charge in [0.25, 0.3) is 17.7 Å². The Kier molecular flexibility index (Phi) is 9.48. The summed E-state index contributed by atoms with van der Waals surface area (Å²) in [6, 6.07) is 15.0. The number of hydrogen-bond donors (Lipinski definition) is 2. The number of piperidine rings is 1. The number of carbonyl (C=O) groups is 6. The van der Waals surface area contributed by atoms with Gasteiger partial charge in [-0.05, 0) is 77.9 Å². The molecule has 8 rings (SSSR count). The molecule has 2 fully saturated rings. The van der Waals surface area contributed by atoms with Crippen molar-refractivity contribution in [1.82, 2.24) is 25.3 Å². The van der Waals surface area contributed by atoms with Crippen molar-refractivity contribution >= 4 is 47.0 Å². The normalized spacial score (nSPS) is 23.4. The summed E-state index contributed by atoms with van der Waals surface area (Å²) in [5, 5.41) is 15.0. The third-order valence-electron chi connectivity index (χ3n) is 12.5. The largest absolute Gasteiger partial charge is 0.489 e. The van der Waals surface area contributed by atoms with Gasteiger partial charge in [-0.25, -0.2) is 0 Å². The zero-order valence-corrected chi connectivity index (χ0v) is 33.0. The van der Waals surface area contributed by atoms with Crippen LogP contribution in [-0.2, 0) is 40.3 Å². The molecule has 4 heterocycles. The van der Waals surface area contributed by atoms with Crippen molar-refractivity contribution in [2.24, 2.45) is 10.8 Å². The van der Waals surface area contributed by atoms with E-state index < -0.39 is 40.5 Å². The third kappa shape index (κ3) is 6.64. The van der Waals surface area contributed by atoms with Crippen molar-refractivity contribution < 1.29 is 33.5 Å². The predicted octanol–water partition coefficient (Wildman–Crippen LogP) is 4.17. The summed E-state index contributed by atoms with van der Waals surface area (Å²) in [7, 11) is 0. The Morgan fingerprint density at radius 3 is 2.14 bits per heavy atom. The number of carbonyl (C=O) groups excluding carboxylic acids is 6. The fraction of sp³-hybridized carbons (Fsp3) is 0.419. The van der Waals surface area contributed by atoms with Crippen molar-refractivity contribution in [2.75, 3.05) is 19.6 Å². The van der Waals surface area contributed by atoms with Crippen LogP contribution in [0.3, 0.4) is 0 Å². The first-order valence-corrected chi connectivity index (χ1v) is 19.6. The average molecular weight is 791 g/mol. The number of fused-ring (bicyclic) bond motifs is 3. The van der Waals surface area contributed by atoms with E-state index >= 15 is 0 Å². The van der Waals surface area contributed by atoms with Gasteiger partial charge in [0.15, 0.2) is 0 Å². The Morgan fingerprint density at radius 2 is 1.53 bits per heavy atom. The standard InChI is InChI=1S/C43H43ClN6O7/c1-42(2)40(43(3,4)41(42)57-29-8-7-26(19-45)32(44)18-29)47-36(53)25-6-5-23-11-13-48(14-12-24(23)15-25)22-35(52)49-20-27-16-30-31(17-28(27)21-49)39(56)50(38(30)55)33-9-10-34(51)46-37(33)54/h5-8,15-18,33,40-41H,9-14,20-22H2,1-4H3,(H,47,53)(H,46,51,54). The minimum atomic E-state index is -1.03. The number of ether oxygens (including phenoxy) is 1. The quantitative estimate of drug-likeness (QED) is 0.334. The molecule has 1 unspecified atom stereocenters. The number of amides is 6. The number of nitrogens with one attached hydrogen (secondary N) is 2. The molecule has 0 bridgehead atoms. The first-order chi connectivity index (χ1) is 27.1. The second-order valence-corrected chi connectivity index (χ2v) is 17.3. The predicted molar refractivity (Wildman–Crippen MR) is 207 cm³/mol. The van der Waals surface area contributed by atoms with Crippen LogP contribution < -0.4 is 15.4 Å². The molecule has 1 saturated carbocycles. The molecule has 6 amide bonds. The van der Waals surface area contributed by atoms with Crippen LogP contribution in [-0.4, -0.2) is 88.0 Å². The lowest BCUT2D eigenvalue weighted by atomic mass is 9.49. The summed E-state index contributed by atoms with van der Waals surface area (Å²) in [5.74, 6) is -1.86. The maximum Gasteiger partial charge on any atom is 0.262 e. The van der Waals surface area contributed by atoms with Gasteiger partial charge in [-0.3, -0.25) is 43.9 Å². The van der Waals surface area contributed by atoms with Crippen molar-refractivity contribution in [2.45, 2.75) is 84.7 Å². The monoisotopic (exact) mass is 790 g/mol. The molecule has 1 atom stereocenters. The number of rotatable bonds is 7. The van der Waals surface area contributed by atoms with Gasteiger partial charge >= 0.3 is 0 Å². The summed E-state index contributed by atoms with van der Waals surface area (Å²) >= 11 is 6.25. The molecule has 1 saturated heterocycles. The minimum Gasteiger partial charge on any atom is -0.489 e. The van der Waals surface area contributed by atoms with Crippen LogP contribution in [0.5, 0.6) is 5.75 Å². The van der Waals surface area contributed by atoms with Gasteiger partial charge < -0.3 is 15.0 Å². The lowest BCUT2D eigenvalue weighted by Crippen LogP contribution is -2.74. The van der Waals surface area contributed by atoms with Crippen LogP contribution in [0.25, 0.3) is 0 Å². The fourth-order valence-electron chi connectivity index (χ4n) is 9.72. The van der Waals surface area contributed by atoms with E-state index in [1.165, 1.54) is 0 Å². The minimum absolute atomic E-state index is 0.0502. The molecule has 4 aliphatic heterocycles. The van der Waals surface area contributed by atoms with Gasteiger partial charge in [0.1, 0.15) is 24.0 Å². The molecule has 3 aromatic carbocycles. The number of imide groups is 2. The molecule has 57 heavy (non-hydrogen) atoms. The molecule has 1 aliphatic carbocycles. The smallest absolute Gasteiger partial charge is 0.262 e. The van der Waals surface area contributed by atoms with Crippen molar-refractivity contribution in [1.29, 1.82) is 5.26 Å². The van der Waals surface area contributed by atoms with Crippen LogP contribution in [0.15, 0.2) is 48.5 Å². The Bertz CT molecular complexity index is 2270. The summed E-state index contributed by atoms with van der Waals surface area (Å²) in [6.45, 7) is 10.4. The van der Waals surface area contributed by atoms with Crippen molar-refractivity contribution in [3.8, 4) is 11.8 Å². The number of halogens is 1. The first-order valence-electron chi connectivity index (χ1n) is 19.2. The molecule has 5 aliphatic rings. The lowest BCUT2D eigenvalue weighted by Gasteiger charge is -2.63. The number of hydrogen-bond acceptors (Lipinski definition) is 9. The molecule has 2 N–H and O–H groups in total. The van der Waals surface area contributed by atoms with Crippen LogP contribution >= 0.6 is 11.6 Å². The van der Waals surface area contributed by atoms with Crippen LogP contribution in [0, 0.1) is 22.2 Å².